The molecule has 4 aromatic rings. The number of aromatic nitrogens is 4. The number of nitrogens with two attached hydrogens (primary N) is 1. The third-order valence-electron chi connectivity index (χ3n) is 4.53. The number of aliphatic hydroxyl groups is 1. The summed E-state index contributed by atoms with van der Waals surface area (Å²) in [6.45, 7) is 1.29. The molecule has 1 aromatic carbocycles. The van der Waals surface area contributed by atoms with Gasteiger partial charge in [0.25, 0.3) is 0 Å². The third kappa shape index (κ3) is 3.66. The second kappa shape index (κ2) is 8.08. The Labute approximate surface area is 161 Å². The number of aliphatic hydroxyl groups excluding tert-OH is 1. The van der Waals surface area contributed by atoms with Crippen LogP contribution in [0.15, 0.2) is 61.2 Å². The number of fused-ring (bicyclic) bond motifs is 2. The Balaban J connectivity index is 1.67. The number of nitrogens with zero attached hydrogens (tertiary/aromatic N) is 4. The molecule has 4 N–H and O–H groups in total. The van der Waals surface area contributed by atoms with Crippen molar-refractivity contribution in [1.29, 1.82) is 5.41 Å². The minimum Gasteiger partial charge on any atom is -0.391 e. The molecule has 140 valence electrons. The zero-order valence-corrected chi connectivity index (χ0v) is 15.3. The van der Waals surface area contributed by atoms with E-state index in [0.717, 1.165) is 27.6 Å². The lowest BCUT2D eigenvalue weighted by Crippen LogP contribution is -2.79. The highest BCUT2D eigenvalue weighted by Gasteiger charge is 2.09. The van der Waals surface area contributed by atoms with Crippen LogP contribution >= 0.6 is 0 Å². The Morgan fingerprint density at radius 3 is 2.89 bits per heavy atom. The predicted molar refractivity (Wildman–Crippen MR) is 109 cm³/mol. The molecule has 7 nitrogen and oxygen atoms in total. The number of nitrogens with one attached hydrogen (secondary N) is 1. The van der Waals surface area contributed by atoms with Crippen LogP contribution in [0, 0.1) is 5.41 Å². The van der Waals surface area contributed by atoms with Crippen molar-refractivity contribution in [3.05, 3.63) is 72.4 Å². The second-order valence-corrected chi connectivity index (χ2v) is 6.46. The van der Waals surface area contributed by atoms with Crippen LogP contribution in [0.5, 0.6) is 0 Å². The third-order valence-corrected chi connectivity index (χ3v) is 4.53. The molecule has 3 aromatic heterocycles. The van der Waals surface area contributed by atoms with Gasteiger partial charge in [0, 0.05) is 17.8 Å². The summed E-state index contributed by atoms with van der Waals surface area (Å²) in [5, 5.41) is 19.5. The maximum atomic E-state index is 8.93. The molecule has 0 saturated carbocycles. The van der Waals surface area contributed by atoms with Crippen LogP contribution in [0.4, 0.5) is 0 Å². The molecular formula is C21H21N6O+. The van der Waals surface area contributed by atoms with Gasteiger partial charge in [0.05, 0.1) is 36.3 Å². The van der Waals surface area contributed by atoms with E-state index < -0.39 is 0 Å². The molecule has 28 heavy (non-hydrogen) atoms. The predicted octanol–water partition coefficient (Wildman–Crippen LogP) is 1.57. The second-order valence-electron chi connectivity index (χ2n) is 6.46. The number of rotatable bonds is 7. The van der Waals surface area contributed by atoms with Crippen LogP contribution in [0.3, 0.4) is 0 Å². The van der Waals surface area contributed by atoms with Crippen molar-refractivity contribution < 1.29 is 10.4 Å². The monoisotopic (exact) mass is 373 g/mol. The van der Waals surface area contributed by atoms with Gasteiger partial charge in [0.1, 0.15) is 18.3 Å². The standard InChI is InChI=1S/C21H20N6O/c22-11-17(12-23-8-9-28)19-5-6-20-21(26-19)27(14-25-20)13-15-3-4-18-16(10-15)2-1-7-24-18/h1-7,10-12,14,22-23,28H,8-9,13H2/p+1/b17-12+,22-11?. The van der Waals surface area contributed by atoms with Gasteiger partial charge in [-0.05, 0) is 35.9 Å². The summed E-state index contributed by atoms with van der Waals surface area (Å²) in [6.07, 6.45) is 6.68. The van der Waals surface area contributed by atoms with Gasteiger partial charge in [0.2, 0.25) is 0 Å². The number of quaternary nitrogens is 1. The lowest BCUT2D eigenvalue weighted by molar-refractivity contribution is -0.588. The molecular weight excluding hydrogens is 352 g/mol. The average molecular weight is 373 g/mol. The summed E-state index contributed by atoms with van der Waals surface area (Å²) in [7, 11) is 0. The number of pyridine rings is 2. The molecule has 0 amide bonds. The van der Waals surface area contributed by atoms with Gasteiger partial charge in [0.15, 0.2) is 5.65 Å². The normalized spacial score (nSPS) is 12.0. The Bertz CT molecular complexity index is 1160. The largest absolute Gasteiger partial charge is 0.391 e. The lowest BCUT2D eigenvalue weighted by atomic mass is 10.1. The topological polar surface area (TPSA) is 104 Å². The van der Waals surface area contributed by atoms with E-state index >= 15 is 0 Å². The van der Waals surface area contributed by atoms with E-state index in [2.05, 4.69) is 28.2 Å². The fourth-order valence-corrected chi connectivity index (χ4v) is 3.13. The molecule has 4 rings (SSSR count). The summed E-state index contributed by atoms with van der Waals surface area (Å²) in [5.41, 5.74) is 5.11. The van der Waals surface area contributed by atoms with Crippen LogP contribution in [0.2, 0.25) is 0 Å². The summed E-state index contributed by atoms with van der Waals surface area (Å²) >= 11 is 0. The molecule has 0 aliphatic rings. The van der Waals surface area contributed by atoms with Crippen molar-refractivity contribution in [1.82, 2.24) is 19.5 Å². The summed E-state index contributed by atoms with van der Waals surface area (Å²) < 4.78 is 2.01. The first-order valence-electron chi connectivity index (χ1n) is 9.09. The zero-order valence-electron chi connectivity index (χ0n) is 15.3. The Morgan fingerprint density at radius 2 is 2.04 bits per heavy atom. The number of hydrogen-bond acceptors (Lipinski definition) is 5. The van der Waals surface area contributed by atoms with E-state index in [1.54, 1.807) is 12.5 Å². The smallest absolute Gasteiger partial charge is 0.160 e. The van der Waals surface area contributed by atoms with Crippen LogP contribution in [0.25, 0.3) is 27.6 Å². The van der Waals surface area contributed by atoms with E-state index in [0.29, 0.717) is 24.4 Å². The SMILES string of the molecule is N=C/C(=C\[NH2+]CCO)c1ccc2ncn(Cc3ccc4ncccc4c3)c2n1. The summed E-state index contributed by atoms with van der Waals surface area (Å²) in [5.74, 6) is 0. The molecule has 0 fully saturated rings. The van der Waals surface area contributed by atoms with Gasteiger partial charge in [-0.2, -0.15) is 0 Å². The average Bonchev–Trinajstić information content (AvgIpc) is 3.13. The van der Waals surface area contributed by atoms with Crippen molar-refractivity contribution in [2.75, 3.05) is 13.2 Å². The number of benzene rings is 1. The van der Waals surface area contributed by atoms with Crippen LogP contribution in [-0.4, -0.2) is 44.0 Å². The van der Waals surface area contributed by atoms with Gasteiger partial charge in [-0.25, -0.2) is 9.97 Å². The first-order valence-corrected chi connectivity index (χ1v) is 9.09. The van der Waals surface area contributed by atoms with E-state index in [1.165, 1.54) is 6.21 Å². The van der Waals surface area contributed by atoms with E-state index in [1.807, 2.05) is 40.3 Å². The molecule has 0 aliphatic carbocycles. The highest BCUT2D eigenvalue weighted by atomic mass is 16.3. The minimum absolute atomic E-state index is 0.0856. The molecule has 0 unspecified atom stereocenters. The maximum absolute atomic E-state index is 8.93. The first-order chi connectivity index (χ1) is 13.8. The number of hydrogen-bond donors (Lipinski definition) is 3. The first kappa shape index (κ1) is 18.0. The van der Waals surface area contributed by atoms with E-state index in [-0.39, 0.29) is 6.61 Å². The number of imidazole rings is 1. The molecule has 0 bridgehead atoms. The Morgan fingerprint density at radius 1 is 1.14 bits per heavy atom. The van der Waals surface area contributed by atoms with E-state index in [4.69, 9.17) is 15.5 Å². The van der Waals surface area contributed by atoms with Gasteiger partial charge in [-0.15, -0.1) is 0 Å². The van der Waals surface area contributed by atoms with Crippen molar-refractivity contribution in [3.8, 4) is 0 Å². The maximum Gasteiger partial charge on any atom is 0.160 e. The Kier molecular flexibility index (Phi) is 5.18. The van der Waals surface area contributed by atoms with E-state index in [9.17, 15) is 0 Å². The van der Waals surface area contributed by atoms with Crippen molar-refractivity contribution in [2.24, 2.45) is 0 Å². The fraction of sp³-hybridized carbons (Fsp3) is 0.143. The highest BCUT2D eigenvalue weighted by Crippen LogP contribution is 2.18. The quantitative estimate of drug-likeness (QED) is 0.338. The lowest BCUT2D eigenvalue weighted by Gasteiger charge is -2.07. The molecule has 0 aliphatic heterocycles. The molecule has 0 atom stereocenters. The molecule has 3 heterocycles. The molecule has 0 saturated heterocycles. The van der Waals surface area contributed by atoms with Crippen LogP contribution < -0.4 is 5.32 Å². The highest BCUT2D eigenvalue weighted by molar-refractivity contribution is 6.07. The van der Waals surface area contributed by atoms with Crippen molar-refractivity contribution >= 4 is 33.9 Å². The molecule has 7 heteroatoms. The van der Waals surface area contributed by atoms with Gasteiger partial charge in [-0.1, -0.05) is 12.1 Å². The van der Waals surface area contributed by atoms with Gasteiger partial charge in [-0.3, -0.25) is 4.98 Å². The fourth-order valence-electron chi connectivity index (χ4n) is 3.13. The molecule has 0 radical (unpaired) electrons. The van der Waals surface area contributed by atoms with Gasteiger partial charge < -0.3 is 20.4 Å². The van der Waals surface area contributed by atoms with Crippen LogP contribution in [0.1, 0.15) is 11.3 Å². The number of allylic oxidation sites excluding steroid dienone is 1. The summed E-state index contributed by atoms with van der Waals surface area (Å²) in [4.78, 5) is 13.5. The minimum atomic E-state index is 0.0856. The molecule has 0 spiro atoms. The van der Waals surface area contributed by atoms with Crippen LogP contribution in [-0.2, 0) is 6.54 Å². The zero-order chi connectivity index (χ0) is 19.3. The van der Waals surface area contributed by atoms with Gasteiger partial charge >= 0.3 is 0 Å². The van der Waals surface area contributed by atoms with Crippen molar-refractivity contribution in [3.63, 3.8) is 0 Å². The van der Waals surface area contributed by atoms with Crippen molar-refractivity contribution in [2.45, 2.75) is 6.54 Å². The Hall–Kier alpha value is -3.42. The summed E-state index contributed by atoms with van der Waals surface area (Å²) in [6, 6.07) is 14.0.